The fourth-order valence-electron chi connectivity index (χ4n) is 3.70. The normalized spacial score (nSPS) is 18.5. The molecule has 0 radical (unpaired) electrons. The van der Waals surface area contributed by atoms with Gasteiger partial charge in [-0.15, -0.1) is 0 Å². The van der Waals surface area contributed by atoms with Gasteiger partial charge in [-0.2, -0.15) is 0 Å². The van der Waals surface area contributed by atoms with Gasteiger partial charge in [-0.25, -0.2) is 0 Å². The molecule has 108 valence electrons. The Morgan fingerprint density at radius 3 is 2.81 bits per heavy atom. The van der Waals surface area contributed by atoms with E-state index in [1.807, 2.05) is 6.07 Å². The van der Waals surface area contributed by atoms with E-state index in [1.165, 1.54) is 5.56 Å². The Kier molecular flexibility index (Phi) is 2.55. The minimum Gasteiger partial charge on any atom is -0.507 e. The van der Waals surface area contributed by atoms with Crippen molar-refractivity contribution in [3.8, 4) is 5.75 Å². The number of rotatable bonds is 0. The van der Waals surface area contributed by atoms with Gasteiger partial charge in [-0.1, -0.05) is 18.5 Å². The lowest BCUT2D eigenvalue weighted by Gasteiger charge is -2.18. The van der Waals surface area contributed by atoms with Crippen molar-refractivity contribution < 1.29 is 5.11 Å². The van der Waals surface area contributed by atoms with Gasteiger partial charge in [-0.3, -0.25) is 9.20 Å². The molecule has 0 amide bonds. The van der Waals surface area contributed by atoms with Crippen LogP contribution in [0.5, 0.6) is 5.75 Å². The first kappa shape index (κ1) is 13.0. The van der Waals surface area contributed by atoms with E-state index in [2.05, 4.69) is 6.92 Å². The maximum absolute atomic E-state index is 12.6. The van der Waals surface area contributed by atoms with Crippen molar-refractivity contribution in [2.75, 3.05) is 0 Å². The highest BCUT2D eigenvalue weighted by molar-refractivity contribution is 6.32. The third-order valence-electron chi connectivity index (χ3n) is 4.80. The van der Waals surface area contributed by atoms with E-state index < -0.39 is 0 Å². The summed E-state index contributed by atoms with van der Waals surface area (Å²) in [7, 11) is 0. The van der Waals surface area contributed by atoms with E-state index in [1.54, 1.807) is 17.4 Å². The van der Waals surface area contributed by atoms with Crippen LogP contribution in [0, 0.1) is 12.8 Å². The SMILES string of the molecule is Cc1c(O)c2cc(Cl)cc3c4c(n(c1=O)c23)CCC(C)C4. The van der Waals surface area contributed by atoms with Crippen LogP contribution in [0.2, 0.25) is 5.02 Å². The predicted octanol–water partition coefficient (Wildman–Crippen LogP) is 3.68. The summed E-state index contributed by atoms with van der Waals surface area (Å²) in [6, 6.07) is 3.68. The number of hydrogen-bond donors (Lipinski definition) is 1. The van der Waals surface area contributed by atoms with E-state index in [9.17, 15) is 9.90 Å². The highest BCUT2D eigenvalue weighted by atomic mass is 35.5. The van der Waals surface area contributed by atoms with Gasteiger partial charge in [-0.05, 0) is 49.8 Å². The third kappa shape index (κ3) is 1.58. The fraction of sp³-hybridized carbons (Fsp3) is 0.353. The molecular formula is C17H16ClNO2. The number of aryl methyl sites for hydroxylation is 1. The molecule has 0 saturated heterocycles. The molecule has 2 heterocycles. The lowest BCUT2D eigenvalue weighted by molar-refractivity contribution is 0.474. The zero-order valence-electron chi connectivity index (χ0n) is 12.0. The molecule has 0 fully saturated rings. The predicted molar refractivity (Wildman–Crippen MR) is 85.0 cm³/mol. The molecule has 0 spiro atoms. The molecule has 1 unspecified atom stereocenters. The number of fused-ring (bicyclic) bond motifs is 3. The molecule has 1 N–H and O–H groups in total. The Hall–Kier alpha value is -1.74. The molecule has 1 aromatic carbocycles. The van der Waals surface area contributed by atoms with Crippen molar-refractivity contribution in [1.29, 1.82) is 0 Å². The van der Waals surface area contributed by atoms with Crippen molar-refractivity contribution in [3.05, 3.63) is 44.3 Å². The Morgan fingerprint density at radius 1 is 1.33 bits per heavy atom. The van der Waals surface area contributed by atoms with Gasteiger partial charge < -0.3 is 5.11 Å². The molecule has 0 aliphatic heterocycles. The van der Waals surface area contributed by atoms with E-state index >= 15 is 0 Å². The van der Waals surface area contributed by atoms with Crippen LogP contribution >= 0.6 is 11.6 Å². The van der Waals surface area contributed by atoms with Crippen LogP contribution in [0.25, 0.3) is 16.3 Å². The summed E-state index contributed by atoms with van der Waals surface area (Å²) in [6.07, 6.45) is 2.96. The maximum atomic E-state index is 12.6. The number of pyridine rings is 1. The Balaban J connectivity index is 2.32. The smallest absolute Gasteiger partial charge is 0.262 e. The maximum Gasteiger partial charge on any atom is 0.262 e. The number of halogens is 1. The highest BCUT2D eigenvalue weighted by Crippen LogP contribution is 2.39. The topological polar surface area (TPSA) is 41.7 Å². The summed E-state index contributed by atoms with van der Waals surface area (Å²) < 4.78 is 1.80. The number of nitrogens with zero attached hydrogens (tertiary/aromatic N) is 1. The molecule has 4 rings (SSSR count). The van der Waals surface area contributed by atoms with E-state index in [4.69, 9.17) is 11.6 Å². The van der Waals surface area contributed by atoms with Gasteiger partial charge >= 0.3 is 0 Å². The average Bonchev–Trinajstić information content (AvgIpc) is 2.77. The average molecular weight is 302 g/mol. The van der Waals surface area contributed by atoms with E-state index in [-0.39, 0.29) is 11.3 Å². The molecule has 21 heavy (non-hydrogen) atoms. The first-order valence-electron chi connectivity index (χ1n) is 7.29. The Morgan fingerprint density at radius 2 is 2.05 bits per heavy atom. The molecule has 0 bridgehead atoms. The molecule has 2 aromatic heterocycles. The first-order valence-corrected chi connectivity index (χ1v) is 7.67. The third-order valence-corrected chi connectivity index (χ3v) is 5.02. The lowest BCUT2D eigenvalue weighted by atomic mass is 9.87. The zero-order chi connectivity index (χ0) is 14.9. The molecular weight excluding hydrogens is 286 g/mol. The standard InChI is InChI=1S/C17H16ClNO2/c1-8-3-4-14-11(5-8)12-6-10(18)7-13-15(12)19(14)17(21)9(2)16(13)20/h6-8,20H,3-5H2,1-2H3. The zero-order valence-corrected chi connectivity index (χ0v) is 12.8. The highest BCUT2D eigenvalue weighted by Gasteiger charge is 2.26. The summed E-state index contributed by atoms with van der Waals surface area (Å²) >= 11 is 6.24. The number of benzene rings is 1. The summed E-state index contributed by atoms with van der Waals surface area (Å²) in [5, 5.41) is 12.6. The minimum absolute atomic E-state index is 0.0582. The molecule has 3 nitrogen and oxygen atoms in total. The second-order valence-corrected chi connectivity index (χ2v) is 6.67. The lowest BCUT2D eigenvalue weighted by Crippen LogP contribution is -2.20. The van der Waals surface area contributed by atoms with Crippen molar-refractivity contribution in [3.63, 3.8) is 0 Å². The molecule has 0 saturated carbocycles. The van der Waals surface area contributed by atoms with Crippen molar-refractivity contribution in [1.82, 2.24) is 4.40 Å². The number of aromatic nitrogens is 1. The monoisotopic (exact) mass is 301 g/mol. The van der Waals surface area contributed by atoms with Crippen LogP contribution in [-0.4, -0.2) is 9.51 Å². The van der Waals surface area contributed by atoms with Gasteiger partial charge in [0.1, 0.15) is 5.75 Å². The molecule has 1 aliphatic carbocycles. The second kappa shape index (κ2) is 4.14. The number of aromatic hydroxyl groups is 1. The van der Waals surface area contributed by atoms with Crippen molar-refractivity contribution in [2.45, 2.75) is 33.1 Å². The summed E-state index contributed by atoms with van der Waals surface area (Å²) in [5.74, 6) is 0.667. The van der Waals surface area contributed by atoms with E-state index in [0.717, 1.165) is 35.9 Å². The van der Waals surface area contributed by atoms with Crippen LogP contribution in [0.1, 0.15) is 30.2 Å². The first-order chi connectivity index (χ1) is 9.99. The van der Waals surface area contributed by atoms with Gasteiger partial charge in [0, 0.05) is 21.5 Å². The largest absolute Gasteiger partial charge is 0.507 e. The van der Waals surface area contributed by atoms with Crippen LogP contribution in [0.15, 0.2) is 16.9 Å². The Labute approximate surface area is 127 Å². The van der Waals surface area contributed by atoms with E-state index in [0.29, 0.717) is 21.9 Å². The van der Waals surface area contributed by atoms with Gasteiger partial charge in [0.25, 0.3) is 5.56 Å². The number of hydrogen-bond acceptors (Lipinski definition) is 2. The molecule has 4 heteroatoms. The second-order valence-electron chi connectivity index (χ2n) is 6.24. The van der Waals surface area contributed by atoms with Crippen LogP contribution in [0.3, 0.4) is 0 Å². The van der Waals surface area contributed by atoms with Crippen LogP contribution < -0.4 is 5.56 Å². The Bertz CT molecular complexity index is 942. The van der Waals surface area contributed by atoms with Crippen molar-refractivity contribution in [2.24, 2.45) is 5.92 Å². The van der Waals surface area contributed by atoms with Crippen LogP contribution in [0.4, 0.5) is 0 Å². The van der Waals surface area contributed by atoms with Crippen LogP contribution in [-0.2, 0) is 12.8 Å². The molecule has 1 aliphatic rings. The summed E-state index contributed by atoms with van der Waals surface area (Å²) in [4.78, 5) is 12.6. The summed E-state index contributed by atoms with van der Waals surface area (Å²) in [5.41, 5.74) is 3.43. The minimum atomic E-state index is -0.108. The molecule has 1 atom stereocenters. The summed E-state index contributed by atoms with van der Waals surface area (Å²) in [6.45, 7) is 3.91. The quantitative estimate of drug-likeness (QED) is 0.688. The fourth-order valence-corrected chi connectivity index (χ4v) is 3.91. The van der Waals surface area contributed by atoms with Gasteiger partial charge in [0.2, 0.25) is 0 Å². The molecule has 3 aromatic rings. The van der Waals surface area contributed by atoms with Gasteiger partial charge in [0.05, 0.1) is 11.1 Å². The van der Waals surface area contributed by atoms with Crippen molar-refractivity contribution >= 4 is 27.9 Å². The van der Waals surface area contributed by atoms with Gasteiger partial charge in [0.15, 0.2) is 0 Å².